The molecule has 0 spiro atoms. The lowest BCUT2D eigenvalue weighted by Gasteiger charge is -2.34. The number of amides is 4. The highest BCUT2D eigenvalue weighted by Gasteiger charge is 2.30. The van der Waals surface area contributed by atoms with Crippen LogP contribution in [-0.4, -0.2) is 65.3 Å². The van der Waals surface area contributed by atoms with Crippen LogP contribution in [0.5, 0.6) is 0 Å². The van der Waals surface area contributed by atoms with E-state index in [1.54, 1.807) is 0 Å². The number of carbonyl (C=O) groups is 3. The average molecular weight is 413 g/mol. The quantitative estimate of drug-likeness (QED) is 0.807. The van der Waals surface area contributed by atoms with Crippen LogP contribution in [-0.2, 0) is 22.7 Å². The van der Waals surface area contributed by atoms with Gasteiger partial charge in [-0.3, -0.25) is 9.59 Å². The fourth-order valence-corrected chi connectivity index (χ4v) is 4.70. The van der Waals surface area contributed by atoms with Crippen LogP contribution in [0.4, 0.5) is 4.79 Å². The Morgan fingerprint density at radius 3 is 2.33 bits per heavy atom. The van der Waals surface area contributed by atoms with Crippen molar-refractivity contribution in [2.24, 2.45) is 5.92 Å². The molecule has 0 radical (unpaired) electrons. The fourth-order valence-electron chi connectivity index (χ4n) is 4.70. The monoisotopic (exact) mass is 412 g/mol. The number of likely N-dealkylation sites (tertiary alicyclic amines) is 3. The molecule has 3 fully saturated rings. The number of benzene rings is 1. The third-order valence-corrected chi connectivity index (χ3v) is 6.52. The van der Waals surface area contributed by atoms with E-state index in [0.717, 1.165) is 62.9 Å². The van der Waals surface area contributed by atoms with Gasteiger partial charge >= 0.3 is 6.03 Å². The highest BCUT2D eigenvalue weighted by Crippen LogP contribution is 2.21. The van der Waals surface area contributed by atoms with Gasteiger partial charge in [0.05, 0.1) is 0 Å². The lowest BCUT2D eigenvalue weighted by atomic mass is 9.96. The molecule has 1 aromatic carbocycles. The van der Waals surface area contributed by atoms with E-state index in [1.165, 1.54) is 0 Å². The van der Waals surface area contributed by atoms with Gasteiger partial charge in [0.1, 0.15) is 0 Å². The second-order valence-corrected chi connectivity index (χ2v) is 8.69. The summed E-state index contributed by atoms with van der Waals surface area (Å²) in [5.41, 5.74) is 2.15. The van der Waals surface area contributed by atoms with Crippen molar-refractivity contribution in [1.29, 1.82) is 0 Å². The van der Waals surface area contributed by atoms with Crippen LogP contribution in [0.15, 0.2) is 24.3 Å². The molecular formula is C23H32N4O3. The van der Waals surface area contributed by atoms with E-state index in [-0.39, 0.29) is 23.8 Å². The predicted molar refractivity (Wildman–Crippen MR) is 113 cm³/mol. The summed E-state index contributed by atoms with van der Waals surface area (Å²) in [6, 6.07) is 8.24. The van der Waals surface area contributed by atoms with Crippen molar-refractivity contribution in [3.63, 3.8) is 0 Å². The van der Waals surface area contributed by atoms with Gasteiger partial charge in [-0.25, -0.2) is 4.79 Å². The van der Waals surface area contributed by atoms with Gasteiger partial charge < -0.3 is 20.0 Å². The number of carbonyl (C=O) groups excluding carboxylic acids is 3. The molecule has 1 N–H and O–H groups in total. The molecule has 3 aliphatic rings. The van der Waals surface area contributed by atoms with E-state index in [4.69, 9.17) is 0 Å². The highest BCUT2D eigenvalue weighted by atomic mass is 16.2. The van der Waals surface area contributed by atoms with E-state index in [9.17, 15) is 14.4 Å². The maximum absolute atomic E-state index is 12.6. The van der Waals surface area contributed by atoms with Crippen molar-refractivity contribution in [2.75, 3.05) is 32.7 Å². The SMILES string of the molecule is O=C(NCc1cccc(CN2CCCC2=O)c1)C1CCN(C(=O)N2CCCC2)CC1. The molecule has 4 amide bonds. The smallest absolute Gasteiger partial charge is 0.319 e. The molecule has 0 bridgehead atoms. The van der Waals surface area contributed by atoms with E-state index >= 15 is 0 Å². The molecule has 30 heavy (non-hydrogen) atoms. The standard InChI is InChI=1S/C23H32N4O3/c28-21-7-4-12-27(21)17-19-6-3-5-18(15-19)16-24-22(29)20-8-13-26(14-9-20)23(30)25-10-1-2-11-25/h3,5-6,15,20H,1-2,4,7-14,16-17H2,(H,24,29). The van der Waals surface area contributed by atoms with Gasteiger partial charge in [-0.15, -0.1) is 0 Å². The van der Waals surface area contributed by atoms with Crippen LogP contribution < -0.4 is 5.32 Å². The number of urea groups is 1. The summed E-state index contributed by atoms with van der Waals surface area (Å²) in [6.45, 7) is 5.02. The van der Waals surface area contributed by atoms with Crippen molar-refractivity contribution in [2.45, 2.75) is 51.6 Å². The second kappa shape index (κ2) is 9.49. The number of rotatable bonds is 5. The van der Waals surface area contributed by atoms with Crippen molar-refractivity contribution >= 4 is 17.8 Å². The number of nitrogens with one attached hydrogen (secondary N) is 1. The Morgan fingerprint density at radius 2 is 1.63 bits per heavy atom. The van der Waals surface area contributed by atoms with Crippen LogP contribution in [0.2, 0.25) is 0 Å². The van der Waals surface area contributed by atoms with Crippen molar-refractivity contribution < 1.29 is 14.4 Å². The number of nitrogens with zero attached hydrogens (tertiary/aromatic N) is 3. The summed E-state index contributed by atoms with van der Waals surface area (Å²) in [7, 11) is 0. The van der Waals surface area contributed by atoms with E-state index < -0.39 is 0 Å². The third kappa shape index (κ3) is 4.94. The molecule has 0 unspecified atom stereocenters. The van der Waals surface area contributed by atoms with Gasteiger partial charge in [0.15, 0.2) is 0 Å². The largest absolute Gasteiger partial charge is 0.352 e. The maximum Gasteiger partial charge on any atom is 0.319 e. The molecule has 0 aliphatic carbocycles. The summed E-state index contributed by atoms with van der Waals surface area (Å²) >= 11 is 0. The molecule has 3 heterocycles. The lowest BCUT2D eigenvalue weighted by Crippen LogP contribution is -2.47. The molecule has 162 valence electrons. The highest BCUT2D eigenvalue weighted by molar-refractivity contribution is 5.80. The Hall–Kier alpha value is -2.57. The predicted octanol–water partition coefficient (Wildman–Crippen LogP) is 2.35. The summed E-state index contributed by atoms with van der Waals surface area (Å²) in [5, 5.41) is 3.06. The molecule has 0 aromatic heterocycles. The summed E-state index contributed by atoms with van der Waals surface area (Å²) < 4.78 is 0. The first-order valence-corrected chi connectivity index (χ1v) is 11.3. The van der Waals surface area contributed by atoms with E-state index in [2.05, 4.69) is 11.4 Å². The summed E-state index contributed by atoms with van der Waals surface area (Å²) in [6.07, 6.45) is 5.24. The van der Waals surface area contributed by atoms with Crippen molar-refractivity contribution in [1.82, 2.24) is 20.0 Å². The molecule has 3 saturated heterocycles. The lowest BCUT2D eigenvalue weighted by molar-refractivity contribution is -0.128. The minimum atomic E-state index is -0.0296. The minimum absolute atomic E-state index is 0.0296. The first-order chi connectivity index (χ1) is 14.6. The maximum atomic E-state index is 12.6. The molecule has 7 heteroatoms. The van der Waals surface area contributed by atoms with E-state index in [0.29, 0.717) is 32.6 Å². The Kier molecular flexibility index (Phi) is 6.55. The van der Waals surface area contributed by atoms with Crippen LogP contribution >= 0.6 is 0 Å². The Balaban J connectivity index is 1.22. The van der Waals surface area contributed by atoms with Gasteiger partial charge in [0.25, 0.3) is 0 Å². The molecule has 7 nitrogen and oxygen atoms in total. The molecule has 1 aromatic rings. The Bertz CT molecular complexity index is 782. The first-order valence-electron chi connectivity index (χ1n) is 11.3. The minimum Gasteiger partial charge on any atom is -0.352 e. The summed E-state index contributed by atoms with van der Waals surface area (Å²) in [4.78, 5) is 42.7. The van der Waals surface area contributed by atoms with Gasteiger partial charge in [0, 0.05) is 58.2 Å². The van der Waals surface area contributed by atoms with E-state index in [1.807, 2.05) is 32.9 Å². The zero-order valence-corrected chi connectivity index (χ0v) is 17.6. The summed E-state index contributed by atoms with van der Waals surface area (Å²) in [5.74, 6) is 0.268. The molecule has 3 aliphatic heterocycles. The molecule has 4 rings (SSSR count). The molecular weight excluding hydrogens is 380 g/mol. The first kappa shape index (κ1) is 20.7. The van der Waals surface area contributed by atoms with Crippen LogP contribution in [0.1, 0.15) is 49.7 Å². The fraction of sp³-hybridized carbons (Fsp3) is 0.609. The Labute approximate surface area is 178 Å². The van der Waals surface area contributed by atoms with Gasteiger partial charge in [-0.2, -0.15) is 0 Å². The number of hydrogen-bond acceptors (Lipinski definition) is 3. The topological polar surface area (TPSA) is 73.0 Å². The Morgan fingerprint density at radius 1 is 0.933 bits per heavy atom. The normalized spacial score (nSPS) is 20.1. The van der Waals surface area contributed by atoms with Gasteiger partial charge in [0.2, 0.25) is 11.8 Å². The number of hydrogen-bond donors (Lipinski definition) is 1. The number of piperidine rings is 1. The van der Waals surface area contributed by atoms with Crippen molar-refractivity contribution in [3.05, 3.63) is 35.4 Å². The van der Waals surface area contributed by atoms with Gasteiger partial charge in [-0.05, 0) is 43.2 Å². The zero-order valence-electron chi connectivity index (χ0n) is 17.6. The third-order valence-electron chi connectivity index (χ3n) is 6.52. The zero-order chi connectivity index (χ0) is 20.9. The second-order valence-electron chi connectivity index (χ2n) is 8.69. The van der Waals surface area contributed by atoms with Crippen LogP contribution in [0, 0.1) is 5.92 Å². The van der Waals surface area contributed by atoms with Crippen LogP contribution in [0.3, 0.4) is 0 Å². The molecule has 0 atom stereocenters. The van der Waals surface area contributed by atoms with Gasteiger partial charge in [-0.1, -0.05) is 24.3 Å². The van der Waals surface area contributed by atoms with Crippen molar-refractivity contribution in [3.8, 4) is 0 Å². The van der Waals surface area contributed by atoms with Crippen LogP contribution in [0.25, 0.3) is 0 Å². The average Bonchev–Trinajstić information content (AvgIpc) is 3.44. The molecule has 0 saturated carbocycles.